The van der Waals surface area contributed by atoms with Crippen molar-refractivity contribution < 1.29 is 5.11 Å². The lowest BCUT2D eigenvalue weighted by Crippen LogP contribution is -2.15. The molecule has 1 N–H and O–H groups in total. The van der Waals surface area contributed by atoms with Crippen molar-refractivity contribution >= 4 is 11.8 Å². The summed E-state index contributed by atoms with van der Waals surface area (Å²) in [5, 5.41) is 9.58. The number of benzene rings is 1. The highest BCUT2D eigenvalue weighted by atomic mass is 32.2. The van der Waals surface area contributed by atoms with Gasteiger partial charge >= 0.3 is 0 Å². The van der Waals surface area contributed by atoms with Gasteiger partial charge in [-0.25, -0.2) is 0 Å². The monoisotopic (exact) mass is 238 g/mol. The van der Waals surface area contributed by atoms with E-state index in [1.165, 1.54) is 10.5 Å². The summed E-state index contributed by atoms with van der Waals surface area (Å²) < 4.78 is 0. The van der Waals surface area contributed by atoms with E-state index in [0.29, 0.717) is 17.1 Å². The van der Waals surface area contributed by atoms with Crippen LogP contribution in [0, 0.1) is 5.92 Å². The normalized spacial score (nSPS) is 13.4. The van der Waals surface area contributed by atoms with Crippen LogP contribution in [0.1, 0.15) is 39.2 Å². The fourth-order valence-corrected chi connectivity index (χ4v) is 2.48. The third kappa shape index (κ3) is 3.84. The van der Waals surface area contributed by atoms with Crippen LogP contribution in [0.15, 0.2) is 29.2 Å². The van der Waals surface area contributed by atoms with Crippen LogP contribution in [0.25, 0.3) is 0 Å². The average molecular weight is 238 g/mol. The Morgan fingerprint density at radius 1 is 1.06 bits per heavy atom. The molecule has 0 aromatic heterocycles. The van der Waals surface area contributed by atoms with Crippen molar-refractivity contribution in [1.29, 1.82) is 0 Å². The molecule has 0 bridgehead atoms. The molecule has 1 nitrogen and oxygen atoms in total. The Balaban J connectivity index is 2.67. The van der Waals surface area contributed by atoms with E-state index in [1.54, 1.807) is 11.8 Å². The number of aliphatic hydroxyl groups excluding tert-OH is 1. The Morgan fingerprint density at radius 3 is 2.00 bits per heavy atom. The van der Waals surface area contributed by atoms with E-state index in [9.17, 15) is 5.11 Å². The Bertz CT molecular complexity index is 303. The van der Waals surface area contributed by atoms with Crippen LogP contribution in [-0.2, 0) is 0 Å². The van der Waals surface area contributed by atoms with Crippen LogP contribution in [0.4, 0.5) is 0 Å². The van der Waals surface area contributed by atoms with E-state index < -0.39 is 0 Å². The molecule has 0 aliphatic carbocycles. The molecule has 0 radical (unpaired) electrons. The topological polar surface area (TPSA) is 20.2 Å². The first-order chi connectivity index (χ1) is 7.54. The Labute approximate surface area is 103 Å². The van der Waals surface area contributed by atoms with Crippen molar-refractivity contribution in [2.75, 3.05) is 6.61 Å². The van der Waals surface area contributed by atoms with E-state index >= 15 is 0 Å². The lowest BCUT2D eigenvalue weighted by molar-refractivity contribution is 0.275. The van der Waals surface area contributed by atoms with E-state index in [0.717, 1.165) is 0 Å². The molecular formula is C14H22OS. The summed E-state index contributed by atoms with van der Waals surface area (Å²) in [5.41, 5.74) is 1.37. The predicted molar refractivity (Wildman–Crippen MR) is 72.1 cm³/mol. The predicted octanol–water partition coefficient (Wildman–Crippen LogP) is 3.92. The molecule has 1 unspecified atom stereocenters. The highest BCUT2D eigenvalue weighted by Crippen LogP contribution is 2.28. The summed E-state index contributed by atoms with van der Waals surface area (Å²) in [6.45, 7) is 8.95. The maximum Gasteiger partial charge on any atom is 0.0556 e. The standard InChI is InChI=1S/C14H22OS/c1-10(2)12-5-7-13(8-6-12)16-14(9-15)11(3)4/h5-8,10-11,14-15H,9H2,1-4H3. The first-order valence-electron chi connectivity index (χ1n) is 5.92. The first kappa shape index (κ1) is 13.6. The van der Waals surface area contributed by atoms with Crippen molar-refractivity contribution in [1.82, 2.24) is 0 Å². The minimum absolute atomic E-state index is 0.244. The van der Waals surface area contributed by atoms with Gasteiger partial charge in [-0.05, 0) is 29.5 Å². The van der Waals surface area contributed by atoms with Crippen LogP contribution in [0.2, 0.25) is 0 Å². The third-order valence-electron chi connectivity index (χ3n) is 2.76. The molecule has 0 fully saturated rings. The lowest BCUT2D eigenvalue weighted by Gasteiger charge is -2.17. The molecule has 0 saturated carbocycles. The van der Waals surface area contributed by atoms with E-state index in [4.69, 9.17) is 0 Å². The summed E-state index contributed by atoms with van der Waals surface area (Å²) >= 11 is 1.77. The van der Waals surface area contributed by atoms with E-state index in [1.807, 2.05) is 0 Å². The zero-order chi connectivity index (χ0) is 12.1. The second-order valence-electron chi connectivity index (χ2n) is 4.81. The maximum atomic E-state index is 9.28. The maximum absolute atomic E-state index is 9.28. The third-order valence-corrected chi connectivity index (χ3v) is 4.30. The van der Waals surface area contributed by atoms with Crippen molar-refractivity contribution in [2.24, 2.45) is 5.92 Å². The summed E-state index contributed by atoms with van der Waals surface area (Å²) in [4.78, 5) is 1.25. The zero-order valence-electron chi connectivity index (χ0n) is 10.6. The molecule has 90 valence electrons. The smallest absolute Gasteiger partial charge is 0.0556 e. The van der Waals surface area contributed by atoms with Gasteiger partial charge in [0.1, 0.15) is 0 Å². The van der Waals surface area contributed by atoms with Crippen molar-refractivity contribution in [3.05, 3.63) is 29.8 Å². The molecule has 1 aromatic carbocycles. The van der Waals surface area contributed by atoms with Crippen molar-refractivity contribution in [3.8, 4) is 0 Å². The summed E-state index contributed by atoms with van der Waals surface area (Å²) in [7, 11) is 0. The minimum Gasteiger partial charge on any atom is -0.395 e. The molecule has 1 rings (SSSR count). The lowest BCUT2D eigenvalue weighted by atomic mass is 10.0. The highest BCUT2D eigenvalue weighted by Gasteiger charge is 2.13. The van der Waals surface area contributed by atoms with E-state index in [2.05, 4.69) is 52.0 Å². The first-order valence-corrected chi connectivity index (χ1v) is 6.80. The van der Waals surface area contributed by atoms with Gasteiger partial charge in [0, 0.05) is 10.1 Å². The summed E-state index contributed by atoms with van der Waals surface area (Å²) in [6.07, 6.45) is 0. The van der Waals surface area contributed by atoms with Crippen LogP contribution in [0.3, 0.4) is 0 Å². The highest BCUT2D eigenvalue weighted by molar-refractivity contribution is 8.00. The van der Waals surface area contributed by atoms with Crippen molar-refractivity contribution in [3.63, 3.8) is 0 Å². The number of hydrogen-bond donors (Lipinski definition) is 1. The molecule has 0 saturated heterocycles. The Hall–Kier alpha value is -0.470. The van der Waals surface area contributed by atoms with Crippen LogP contribution >= 0.6 is 11.8 Å². The Morgan fingerprint density at radius 2 is 1.62 bits per heavy atom. The molecule has 1 aromatic rings. The Kier molecular flexibility index (Phi) is 5.36. The van der Waals surface area contributed by atoms with Gasteiger partial charge < -0.3 is 5.11 Å². The molecule has 16 heavy (non-hydrogen) atoms. The van der Waals surface area contributed by atoms with Crippen LogP contribution < -0.4 is 0 Å². The quantitative estimate of drug-likeness (QED) is 0.785. The van der Waals surface area contributed by atoms with Gasteiger partial charge in [0.05, 0.1) is 6.61 Å². The van der Waals surface area contributed by atoms with Gasteiger partial charge in [-0.15, -0.1) is 11.8 Å². The largest absolute Gasteiger partial charge is 0.395 e. The molecule has 1 atom stereocenters. The van der Waals surface area contributed by atoms with Gasteiger partial charge in [0.15, 0.2) is 0 Å². The number of hydrogen-bond acceptors (Lipinski definition) is 2. The molecular weight excluding hydrogens is 216 g/mol. The van der Waals surface area contributed by atoms with E-state index in [-0.39, 0.29) is 6.61 Å². The molecule has 2 heteroatoms. The number of thioether (sulfide) groups is 1. The average Bonchev–Trinajstić information content (AvgIpc) is 2.26. The molecule has 0 aliphatic rings. The van der Waals surface area contributed by atoms with Crippen LogP contribution in [-0.4, -0.2) is 17.0 Å². The van der Waals surface area contributed by atoms with Gasteiger partial charge in [-0.3, -0.25) is 0 Å². The second-order valence-corrected chi connectivity index (χ2v) is 6.12. The van der Waals surface area contributed by atoms with Crippen LogP contribution in [0.5, 0.6) is 0 Å². The number of rotatable bonds is 5. The second kappa shape index (κ2) is 6.31. The minimum atomic E-state index is 0.244. The zero-order valence-corrected chi connectivity index (χ0v) is 11.4. The fourth-order valence-electron chi connectivity index (χ4n) is 1.49. The summed E-state index contributed by atoms with van der Waals surface area (Å²) in [5.74, 6) is 1.08. The molecule has 0 spiro atoms. The van der Waals surface area contributed by atoms with Gasteiger partial charge in [-0.1, -0.05) is 39.8 Å². The fraction of sp³-hybridized carbons (Fsp3) is 0.571. The SMILES string of the molecule is CC(C)c1ccc(SC(CO)C(C)C)cc1. The summed E-state index contributed by atoms with van der Waals surface area (Å²) in [6, 6.07) is 8.68. The molecule has 0 aliphatic heterocycles. The van der Waals surface area contributed by atoms with Gasteiger partial charge in [-0.2, -0.15) is 0 Å². The molecule has 0 heterocycles. The number of aliphatic hydroxyl groups is 1. The van der Waals surface area contributed by atoms with Crippen molar-refractivity contribution in [2.45, 2.75) is 43.8 Å². The van der Waals surface area contributed by atoms with Gasteiger partial charge in [0.25, 0.3) is 0 Å². The van der Waals surface area contributed by atoms with Gasteiger partial charge in [0.2, 0.25) is 0 Å². The molecule has 0 amide bonds.